The van der Waals surface area contributed by atoms with E-state index in [2.05, 4.69) is 92.8 Å². The molecule has 0 fully saturated rings. The Balaban J connectivity index is 4.36. The molecule has 0 aliphatic carbocycles. The summed E-state index contributed by atoms with van der Waals surface area (Å²) in [6.45, 7) is 4.06. The number of unbranched alkanes of at least 4 members (excludes halogenated alkanes) is 19. The molecule has 66 heavy (non-hydrogen) atoms. The van der Waals surface area contributed by atoms with Gasteiger partial charge in [0.05, 0.1) is 27.7 Å². The Bertz CT molecular complexity index is 1390. The SMILES string of the molecule is CC/C=C\C/C=C\C/C=C\C/C=C\C/C=C\C/C=C\C/C=C\CCCC(=O)OC(COC(=O)CCCCCCCCCCCCCCCCCCCCC)COP(=O)([O-])OCC[N+](C)(C)C. The number of nitrogens with zero attached hydrogens (tertiary/aromatic N) is 1. The molecule has 0 aliphatic rings. The number of hydrogen-bond acceptors (Lipinski definition) is 8. The molecule has 9 nitrogen and oxygen atoms in total. The number of quaternary nitrogens is 1. The number of rotatable bonds is 47. The molecule has 0 aromatic rings. The van der Waals surface area contributed by atoms with E-state index in [1.165, 1.54) is 103 Å². The molecule has 0 bridgehead atoms. The van der Waals surface area contributed by atoms with E-state index in [1.807, 2.05) is 27.2 Å². The normalized spacial score (nSPS) is 14.1. The second kappa shape index (κ2) is 47.3. The molecule has 10 heteroatoms. The largest absolute Gasteiger partial charge is 0.756 e. The molecule has 0 heterocycles. The number of esters is 2. The van der Waals surface area contributed by atoms with Crippen LogP contribution in [-0.4, -0.2) is 70.0 Å². The van der Waals surface area contributed by atoms with E-state index in [1.54, 1.807) is 0 Å². The molecule has 2 unspecified atom stereocenters. The first-order valence-corrected chi connectivity index (χ1v) is 27.8. The summed E-state index contributed by atoms with van der Waals surface area (Å²) < 4.78 is 34.0. The van der Waals surface area contributed by atoms with Gasteiger partial charge in [-0.15, -0.1) is 0 Å². The maximum absolute atomic E-state index is 12.7. The summed E-state index contributed by atoms with van der Waals surface area (Å²) in [5.74, 6) is -0.903. The Kier molecular flexibility index (Phi) is 45.3. The van der Waals surface area contributed by atoms with Crippen molar-refractivity contribution in [3.63, 3.8) is 0 Å². The van der Waals surface area contributed by atoms with Crippen LogP contribution in [-0.2, 0) is 32.7 Å². The highest BCUT2D eigenvalue weighted by Gasteiger charge is 2.21. The van der Waals surface area contributed by atoms with Crippen LogP contribution in [0.25, 0.3) is 0 Å². The summed E-state index contributed by atoms with van der Waals surface area (Å²) in [6, 6.07) is 0. The van der Waals surface area contributed by atoms with Crippen molar-refractivity contribution in [3.8, 4) is 0 Å². The van der Waals surface area contributed by atoms with Crippen LogP contribution in [0.15, 0.2) is 85.1 Å². The fourth-order valence-corrected chi connectivity index (χ4v) is 7.61. The first-order chi connectivity index (χ1) is 32.0. The molecule has 380 valence electrons. The molecule has 0 radical (unpaired) electrons. The number of phosphoric ester groups is 1. The Morgan fingerprint density at radius 1 is 0.485 bits per heavy atom. The number of carbonyl (C=O) groups excluding carboxylic acids is 2. The lowest BCUT2D eigenvalue weighted by molar-refractivity contribution is -0.870. The van der Waals surface area contributed by atoms with Gasteiger partial charge in [0.25, 0.3) is 7.82 Å². The van der Waals surface area contributed by atoms with Gasteiger partial charge in [0.2, 0.25) is 0 Å². The predicted octanol–water partition coefficient (Wildman–Crippen LogP) is 15.3. The molecule has 0 saturated carbocycles. The van der Waals surface area contributed by atoms with E-state index in [0.29, 0.717) is 23.9 Å². The molecule has 0 spiro atoms. The lowest BCUT2D eigenvalue weighted by atomic mass is 10.0. The Morgan fingerprint density at radius 3 is 1.27 bits per heavy atom. The molecule has 2 atom stereocenters. The Hall–Kier alpha value is -2.81. The second-order valence-corrected chi connectivity index (χ2v) is 19.9. The van der Waals surface area contributed by atoms with Gasteiger partial charge in [0.1, 0.15) is 19.8 Å². The van der Waals surface area contributed by atoms with Gasteiger partial charge in [-0.1, -0.05) is 214 Å². The van der Waals surface area contributed by atoms with E-state index in [9.17, 15) is 19.0 Å². The third-order valence-corrected chi connectivity index (χ3v) is 11.9. The minimum absolute atomic E-state index is 0.0449. The smallest absolute Gasteiger partial charge is 0.306 e. The maximum atomic E-state index is 12.7. The average molecular weight is 944 g/mol. The van der Waals surface area contributed by atoms with Gasteiger partial charge in [-0.25, -0.2) is 0 Å². The summed E-state index contributed by atoms with van der Waals surface area (Å²) in [5, 5.41) is 0. The van der Waals surface area contributed by atoms with Gasteiger partial charge in [-0.2, -0.15) is 0 Å². The Labute approximate surface area is 405 Å². The number of likely N-dealkylation sites (N-methyl/N-ethyl adjacent to an activating group) is 1. The van der Waals surface area contributed by atoms with E-state index in [4.69, 9.17) is 18.5 Å². The predicted molar refractivity (Wildman–Crippen MR) is 277 cm³/mol. The Morgan fingerprint density at radius 2 is 0.864 bits per heavy atom. The lowest BCUT2D eigenvalue weighted by Crippen LogP contribution is -2.37. The quantitative estimate of drug-likeness (QED) is 0.0195. The number of hydrogen-bond donors (Lipinski definition) is 0. The van der Waals surface area contributed by atoms with E-state index in [-0.39, 0.29) is 26.1 Å². The summed E-state index contributed by atoms with van der Waals surface area (Å²) in [6.07, 6.45) is 62.0. The molecule has 0 aromatic heterocycles. The molecule has 0 amide bonds. The van der Waals surface area contributed by atoms with Crippen LogP contribution in [0, 0.1) is 0 Å². The maximum Gasteiger partial charge on any atom is 0.306 e. The van der Waals surface area contributed by atoms with Crippen molar-refractivity contribution >= 4 is 19.8 Å². The van der Waals surface area contributed by atoms with Gasteiger partial charge in [0, 0.05) is 12.8 Å². The number of ether oxygens (including phenoxy) is 2. The second-order valence-electron chi connectivity index (χ2n) is 18.5. The van der Waals surface area contributed by atoms with E-state index >= 15 is 0 Å². The summed E-state index contributed by atoms with van der Waals surface area (Å²) in [5.41, 5.74) is 0. The van der Waals surface area contributed by atoms with Crippen molar-refractivity contribution in [2.24, 2.45) is 0 Å². The third-order valence-electron chi connectivity index (χ3n) is 10.9. The van der Waals surface area contributed by atoms with Crippen LogP contribution in [0.5, 0.6) is 0 Å². The molecule has 0 rings (SSSR count). The zero-order valence-corrected chi connectivity index (χ0v) is 43.8. The highest BCUT2D eigenvalue weighted by Crippen LogP contribution is 2.38. The summed E-state index contributed by atoms with van der Waals surface area (Å²) in [4.78, 5) is 37.7. The van der Waals surface area contributed by atoms with E-state index < -0.39 is 32.5 Å². The molecule has 0 saturated heterocycles. The molecule has 0 aliphatic heterocycles. The minimum atomic E-state index is -4.65. The fourth-order valence-electron chi connectivity index (χ4n) is 6.88. The monoisotopic (exact) mass is 944 g/mol. The highest BCUT2D eigenvalue weighted by molar-refractivity contribution is 7.45. The van der Waals surface area contributed by atoms with E-state index in [0.717, 1.165) is 64.2 Å². The van der Waals surface area contributed by atoms with Crippen LogP contribution in [0.1, 0.15) is 206 Å². The standard InChI is InChI=1S/C56H98NO8P/c1-6-8-10-12-14-16-18-20-22-24-26-27-28-29-31-33-35-37-39-41-43-45-47-49-56(59)65-54(53-64-66(60,61)63-51-50-57(3,4)5)52-62-55(58)48-46-44-42-40-38-36-34-32-30-25-23-21-19-17-15-13-11-9-7-2/h8,10,14,16,20,22,26-27,29,31,35,37,41,43,54H,6-7,9,11-13,15,17-19,21,23-25,28,30,32-34,36,38-40,42,44-53H2,1-5H3/b10-8-,16-14-,22-20-,27-26-,31-29-,37-35-,43-41-. The van der Waals surface area contributed by atoms with Crippen LogP contribution < -0.4 is 4.89 Å². The molecule has 0 aromatic carbocycles. The number of carbonyl (C=O) groups is 2. The first kappa shape index (κ1) is 63.2. The van der Waals surface area contributed by atoms with Crippen molar-refractivity contribution in [3.05, 3.63) is 85.1 Å². The molecule has 0 N–H and O–H groups in total. The fraction of sp³-hybridized carbons (Fsp3) is 0.714. The van der Waals surface area contributed by atoms with Crippen LogP contribution in [0.2, 0.25) is 0 Å². The summed E-state index contributed by atoms with van der Waals surface area (Å²) in [7, 11) is 1.12. The van der Waals surface area contributed by atoms with Crippen molar-refractivity contribution in [2.75, 3.05) is 47.5 Å². The lowest BCUT2D eigenvalue weighted by Gasteiger charge is -2.28. The van der Waals surface area contributed by atoms with Gasteiger partial charge in [-0.3, -0.25) is 14.2 Å². The van der Waals surface area contributed by atoms with Crippen molar-refractivity contribution in [1.29, 1.82) is 0 Å². The van der Waals surface area contributed by atoms with Crippen molar-refractivity contribution in [2.45, 2.75) is 213 Å². The van der Waals surface area contributed by atoms with Crippen molar-refractivity contribution < 1.29 is 42.1 Å². The van der Waals surface area contributed by atoms with Gasteiger partial charge < -0.3 is 27.9 Å². The van der Waals surface area contributed by atoms with Crippen LogP contribution >= 0.6 is 7.82 Å². The topological polar surface area (TPSA) is 111 Å². The van der Waals surface area contributed by atoms with Crippen molar-refractivity contribution in [1.82, 2.24) is 0 Å². The summed E-state index contributed by atoms with van der Waals surface area (Å²) >= 11 is 0. The number of phosphoric acid groups is 1. The van der Waals surface area contributed by atoms with Gasteiger partial charge in [0.15, 0.2) is 6.10 Å². The zero-order chi connectivity index (χ0) is 48.5. The van der Waals surface area contributed by atoms with Crippen LogP contribution in [0.4, 0.5) is 0 Å². The third kappa shape index (κ3) is 50.6. The van der Waals surface area contributed by atoms with Gasteiger partial charge in [-0.05, 0) is 64.2 Å². The minimum Gasteiger partial charge on any atom is -0.756 e. The van der Waals surface area contributed by atoms with Gasteiger partial charge >= 0.3 is 11.9 Å². The molecular formula is C56H98NO8P. The zero-order valence-electron chi connectivity index (χ0n) is 42.9. The highest BCUT2D eigenvalue weighted by atomic mass is 31.2. The first-order valence-electron chi connectivity index (χ1n) is 26.3. The average Bonchev–Trinajstić information content (AvgIpc) is 3.27. The van der Waals surface area contributed by atoms with Crippen LogP contribution in [0.3, 0.4) is 0 Å². The number of allylic oxidation sites excluding steroid dienone is 14. The molecular weight excluding hydrogens is 846 g/mol.